The van der Waals surface area contributed by atoms with Crippen molar-refractivity contribution in [2.45, 2.75) is 0 Å². The molecule has 0 aliphatic heterocycles. The van der Waals surface area contributed by atoms with E-state index in [1.165, 1.54) is 12.3 Å². The molecule has 0 radical (unpaired) electrons. The molecule has 2 aromatic rings. The molecule has 0 bridgehead atoms. The first-order chi connectivity index (χ1) is 6.27. The van der Waals surface area contributed by atoms with Gasteiger partial charge in [-0.2, -0.15) is 10.2 Å². The number of H-pyrrole nitrogens is 1. The summed E-state index contributed by atoms with van der Waals surface area (Å²) in [5, 5.41) is 25.8. The van der Waals surface area contributed by atoms with Crippen LogP contribution in [0.3, 0.4) is 0 Å². The molecule has 0 aliphatic rings. The van der Waals surface area contributed by atoms with Crippen molar-refractivity contribution in [1.82, 2.24) is 15.2 Å². The van der Waals surface area contributed by atoms with Crippen molar-refractivity contribution >= 4 is 0 Å². The Morgan fingerprint density at radius 1 is 1.31 bits per heavy atom. The largest absolute Gasteiger partial charge is 0.494 e. The monoisotopic (exact) mass is 177 g/mol. The quantitative estimate of drug-likeness (QED) is 0.604. The minimum Gasteiger partial charge on any atom is -0.494 e. The molecule has 0 spiro atoms. The van der Waals surface area contributed by atoms with Crippen LogP contribution in [0.5, 0.6) is 11.8 Å². The molecule has 0 fully saturated rings. The summed E-state index contributed by atoms with van der Waals surface area (Å²) < 4.78 is 0. The van der Waals surface area contributed by atoms with Crippen molar-refractivity contribution in [3.63, 3.8) is 0 Å². The van der Waals surface area contributed by atoms with Gasteiger partial charge in [-0.3, -0.25) is 4.98 Å². The van der Waals surface area contributed by atoms with Gasteiger partial charge >= 0.3 is 0 Å². The summed E-state index contributed by atoms with van der Waals surface area (Å²) in [5.41, 5.74) is 0.946. The van der Waals surface area contributed by atoms with Gasteiger partial charge in [0.25, 0.3) is 0 Å². The maximum Gasteiger partial charge on any atom is 0.200 e. The van der Waals surface area contributed by atoms with Gasteiger partial charge in [-0.25, -0.2) is 0 Å². The average Bonchev–Trinajstić information content (AvgIpc) is 2.47. The van der Waals surface area contributed by atoms with Gasteiger partial charge in [-0.15, -0.1) is 0 Å². The van der Waals surface area contributed by atoms with Crippen LogP contribution in [0.4, 0.5) is 0 Å². The highest BCUT2D eigenvalue weighted by Gasteiger charge is 2.09. The number of rotatable bonds is 1. The minimum atomic E-state index is -0.113. The van der Waals surface area contributed by atoms with Crippen LogP contribution in [-0.4, -0.2) is 25.4 Å². The van der Waals surface area contributed by atoms with Crippen molar-refractivity contribution in [2.24, 2.45) is 0 Å². The molecule has 2 aromatic heterocycles. The summed E-state index contributed by atoms with van der Waals surface area (Å²) in [5.74, 6) is -0.212. The van der Waals surface area contributed by atoms with Crippen molar-refractivity contribution in [2.75, 3.05) is 0 Å². The predicted molar refractivity (Wildman–Crippen MR) is 45.1 cm³/mol. The number of hydrogen-bond acceptors (Lipinski definition) is 4. The molecule has 3 N–H and O–H groups in total. The number of nitrogens with one attached hydrogen (secondary N) is 1. The molecule has 13 heavy (non-hydrogen) atoms. The Morgan fingerprint density at radius 3 is 2.69 bits per heavy atom. The maximum absolute atomic E-state index is 9.30. The Morgan fingerprint density at radius 2 is 2.15 bits per heavy atom. The Hall–Kier alpha value is -2.04. The van der Waals surface area contributed by atoms with Gasteiger partial charge in [-0.1, -0.05) is 0 Å². The van der Waals surface area contributed by atoms with Crippen molar-refractivity contribution in [3.05, 3.63) is 24.4 Å². The van der Waals surface area contributed by atoms with Crippen LogP contribution in [0.15, 0.2) is 24.4 Å². The second-order valence-electron chi connectivity index (χ2n) is 2.53. The molecule has 0 saturated carbocycles. The number of aromatic amines is 1. The maximum atomic E-state index is 9.30. The Balaban J connectivity index is 2.53. The fourth-order valence-corrected chi connectivity index (χ4v) is 1.07. The predicted octanol–water partition coefficient (Wildman–Crippen LogP) is 0.883. The minimum absolute atomic E-state index is 0.0989. The Kier molecular flexibility index (Phi) is 1.63. The smallest absolute Gasteiger partial charge is 0.200 e. The molecule has 2 rings (SSSR count). The van der Waals surface area contributed by atoms with E-state index in [-0.39, 0.29) is 11.8 Å². The summed E-state index contributed by atoms with van der Waals surface area (Å²) in [7, 11) is 0. The summed E-state index contributed by atoms with van der Waals surface area (Å²) in [6.07, 6.45) is 1.53. The molecule has 66 valence electrons. The van der Waals surface area contributed by atoms with Gasteiger partial charge in [0.1, 0.15) is 0 Å². The number of hydrogen-bond donors (Lipinski definition) is 3. The van der Waals surface area contributed by atoms with E-state index in [1.54, 1.807) is 12.1 Å². The Labute approximate surface area is 73.7 Å². The molecular weight excluding hydrogens is 170 g/mol. The van der Waals surface area contributed by atoms with Crippen LogP contribution in [0.25, 0.3) is 11.3 Å². The summed E-state index contributed by atoms with van der Waals surface area (Å²) in [6, 6.07) is 4.78. The van der Waals surface area contributed by atoms with Crippen molar-refractivity contribution in [1.29, 1.82) is 0 Å². The Bertz CT molecular complexity index is 411. The zero-order valence-electron chi connectivity index (χ0n) is 6.60. The normalized spacial score (nSPS) is 10.2. The number of aromatic hydroxyl groups is 2. The molecule has 0 aromatic carbocycles. The second kappa shape index (κ2) is 2.78. The first-order valence-electron chi connectivity index (χ1n) is 3.66. The third kappa shape index (κ3) is 1.31. The van der Waals surface area contributed by atoms with E-state index in [0.717, 1.165) is 0 Å². The molecule has 0 atom stereocenters. The van der Waals surface area contributed by atoms with E-state index in [0.29, 0.717) is 11.3 Å². The first-order valence-corrected chi connectivity index (χ1v) is 3.66. The topological polar surface area (TPSA) is 82.0 Å². The van der Waals surface area contributed by atoms with Gasteiger partial charge in [0.05, 0.1) is 11.3 Å². The highest BCUT2D eigenvalue weighted by molar-refractivity contribution is 5.66. The van der Waals surface area contributed by atoms with E-state index >= 15 is 0 Å². The zero-order chi connectivity index (χ0) is 9.26. The van der Waals surface area contributed by atoms with E-state index < -0.39 is 0 Å². The standard InChI is InChI=1S/C8H7N3O2/c12-7-4-5(8(13)10-7)6-2-1-3-9-11-6/h1-4,10,12-13H. The zero-order valence-corrected chi connectivity index (χ0v) is 6.60. The van der Waals surface area contributed by atoms with Crippen LogP contribution >= 0.6 is 0 Å². The third-order valence-electron chi connectivity index (χ3n) is 1.63. The van der Waals surface area contributed by atoms with Crippen LogP contribution < -0.4 is 0 Å². The van der Waals surface area contributed by atoms with Crippen LogP contribution in [0, 0.1) is 0 Å². The molecule has 5 nitrogen and oxygen atoms in total. The van der Waals surface area contributed by atoms with Gasteiger partial charge in [0, 0.05) is 12.3 Å². The van der Waals surface area contributed by atoms with Crippen molar-refractivity contribution < 1.29 is 10.2 Å². The molecule has 5 heteroatoms. The van der Waals surface area contributed by atoms with E-state index in [1.807, 2.05) is 0 Å². The molecule has 0 aliphatic carbocycles. The molecular formula is C8H7N3O2. The summed E-state index contributed by atoms with van der Waals surface area (Å²) >= 11 is 0. The van der Waals surface area contributed by atoms with E-state index in [9.17, 15) is 5.11 Å². The summed E-state index contributed by atoms with van der Waals surface area (Å²) in [4.78, 5) is 2.35. The van der Waals surface area contributed by atoms with E-state index in [4.69, 9.17) is 5.11 Å². The van der Waals surface area contributed by atoms with Gasteiger partial charge in [0.2, 0.25) is 5.88 Å². The first kappa shape index (κ1) is 7.60. The fraction of sp³-hybridized carbons (Fsp3) is 0. The SMILES string of the molecule is Oc1cc(-c2cccnn2)c(O)[nH]1. The van der Waals surface area contributed by atoms with Crippen LogP contribution in [0.1, 0.15) is 0 Å². The lowest BCUT2D eigenvalue weighted by molar-refractivity contribution is 0.426. The number of aromatic nitrogens is 3. The average molecular weight is 177 g/mol. The molecule has 0 saturated heterocycles. The van der Waals surface area contributed by atoms with Crippen molar-refractivity contribution in [3.8, 4) is 23.0 Å². The lowest BCUT2D eigenvalue weighted by atomic mass is 10.2. The fourth-order valence-electron chi connectivity index (χ4n) is 1.07. The lowest BCUT2D eigenvalue weighted by Gasteiger charge is -1.93. The summed E-state index contributed by atoms with van der Waals surface area (Å²) in [6.45, 7) is 0. The number of nitrogens with zero attached hydrogens (tertiary/aromatic N) is 2. The second-order valence-corrected chi connectivity index (χ2v) is 2.53. The highest BCUT2D eigenvalue weighted by atomic mass is 16.3. The lowest BCUT2D eigenvalue weighted by Crippen LogP contribution is -1.83. The van der Waals surface area contributed by atoms with E-state index in [2.05, 4.69) is 15.2 Å². The van der Waals surface area contributed by atoms with Gasteiger partial charge in [0.15, 0.2) is 5.88 Å². The molecule has 0 unspecified atom stereocenters. The third-order valence-corrected chi connectivity index (χ3v) is 1.63. The molecule has 0 amide bonds. The van der Waals surface area contributed by atoms with Gasteiger partial charge in [-0.05, 0) is 12.1 Å². The van der Waals surface area contributed by atoms with Crippen LogP contribution in [0.2, 0.25) is 0 Å². The van der Waals surface area contributed by atoms with Gasteiger partial charge < -0.3 is 10.2 Å². The highest BCUT2D eigenvalue weighted by Crippen LogP contribution is 2.29. The van der Waals surface area contributed by atoms with Crippen LogP contribution in [-0.2, 0) is 0 Å². The molecule has 2 heterocycles.